The van der Waals surface area contributed by atoms with Gasteiger partial charge >= 0.3 is 6.09 Å². The third-order valence-electron chi connectivity index (χ3n) is 5.19. The lowest BCUT2D eigenvalue weighted by atomic mass is 10.0. The number of hydrogen-bond donors (Lipinski definition) is 0. The first-order valence-corrected chi connectivity index (χ1v) is 11.8. The zero-order valence-electron chi connectivity index (χ0n) is 18.4. The van der Waals surface area contributed by atoms with Crippen LogP contribution in [0, 0.1) is 12.4 Å². The lowest BCUT2D eigenvalue weighted by Gasteiger charge is -2.37. The van der Waals surface area contributed by atoms with E-state index in [0.29, 0.717) is 29.1 Å². The number of likely N-dealkylation sites (N-methyl/N-ethyl adjacent to an activating group) is 1. The van der Waals surface area contributed by atoms with E-state index < -0.39 is 17.5 Å². The average Bonchev–Trinajstić information content (AvgIpc) is 3.13. The lowest BCUT2D eigenvalue weighted by Crippen LogP contribution is -2.51. The van der Waals surface area contributed by atoms with Crippen molar-refractivity contribution in [1.82, 2.24) is 9.80 Å². The second-order valence-electron chi connectivity index (χ2n) is 8.71. The fourth-order valence-electron chi connectivity index (χ4n) is 3.53. The Morgan fingerprint density at radius 1 is 1.34 bits per heavy atom. The van der Waals surface area contributed by atoms with Crippen molar-refractivity contribution in [2.24, 2.45) is 0 Å². The summed E-state index contributed by atoms with van der Waals surface area (Å²) in [4.78, 5) is 32.6. The molecule has 1 saturated heterocycles. The normalized spacial score (nSPS) is 16.4. The lowest BCUT2D eigenvalue weighted by molar-refractivity contribution is 0.0132. The summed E-state index contributed by atoms with van der Waals surface area (Å²) in [5.74, 6) is -0.713. The summed E-state index contributed by atoms with van der Waals surface area (Å²) in [5, 5.41) is 0. The molecular weight excluding hydrogens is 497 g/mol. The summed E-state index contributed by atoms with van der Waals surface area (Å²) >= 11 is 4.77. The summed E-state index contributed by atoms with van der Waals surface area (Å²) in [6, 6.07) is 6.03. The van der Waals surface area contributed by atoms with Crippen LogP contribution in [0.3, 0.4) is 0 Å². The Morgan fingerprint density at radius 2 is 2.06 bits per heavy atom. The molecule has 170 valence electrons. The number of piperidine rings is 1. The standard InChI is InChI=1S/C23H25BrFN3O3S/c1-23(2,3)31-22(30)27(5)15-7-6-10-28(13-15)21(29)19-12-16(20(24)32-19)14-8-9-18(26-4)17(25)11-14/h8-9,11-12,15H,6-7,10,13H2,1-3,5H3/t15-/m1/s1. The maximum absolute atomic E-state index is 14.1. The molecule has 0 saturated carbocycles. The summed E-state index contributed by atoms with van der Waals surface area (Å²) in [5.41, 5.74) is 0.679. The van der Waals surface area contributed by atoms with E-state index in [1.807, 2.05) is 20.8 Å². The SMILES string of the molecule is [C-]#[N+]c1ccc(-c2cc(C(=O)N3CCC[C@@H](N(C)C(=O)OC(C)(C)C)C3)sc2Br)cc1F. The van der Waals surface area contributed by atoms with Gasteiger partial charge in [-0.3, -0.25) is 4.79 Å². The van der Waals surface area contributed by atoms with E-state index in [-0.39, 0.29) is 17.6 Å². The molecule has 0 N–H and O–H groups in total. The first-order valence-electron chi connectivity index (χ1n) is 10.2. The summed E-state index contributed by atoms with van der Waals surface area (Å²) in [6.07, 6.45) is 1.18. The molecule has 0 unspecified atom stereocenters. The number of amides is 2. The van der Waals surface area contributed by atoms with Crippen LogP contribution in [0.2, 0.25) is 0 Å². The number of nitrogens with zero attached hydrogens (tertiary/aromatic N) is 3. The van der Waals surface area contributed by atoms with Crippen LogP contribution in [0.5, 0.6) is 0 Å². The minimum atomic E-state index is -0.590. The van der Waals surface area contributed by atoms with Gasteiger partial charge in [-0.1, -0.05) is 12.1 Å². The van der Waals surface area contributed by atoms with Crippen LogP contribution in [0.25, 0.3) is 16.0 Å². The Kier molecular flexibility index (Phi) is 7.25. The molecule has 1 atom stereocenters. The quantitative estimate of drug-likeness (QED) is 0.442. The minimum Gasteiger partial charge on any atom is -0.444 e. The van der Waals surface area contributed by atoms with Gasteiger partial charge in [0.25, 0.3) is 5.91 Å². The molecule has 9 heteroatoms. The number of thiophene rings is 1. The largest absolute Gasteiger partial charge is 0.444 e. The van der Waals surface area contributed by atoms with Crippen molar-refractivity contribution < 1.29 is 18.7 Å². The number of carbonyl (C=O) groups excluding carboxylic acids is 2. The van der Waals surface area contributed by atoms with Gasteiger partial charge in [-0.15, -0.1) is 11.3 Å². The molecule has 3 rings (SSSR count). The predicted octanol–water partition coefficient (Wildman–Crippen LogP) is 6.34. The fourth-order valence-corrected chi connectivity index (χ4v) is 5.27. The Morgan fingerprint density at radius 3 is 2.69 bits per heavy atom. The Labute approximate surface area is 199 Å². The zero-order chi connectivity index (χ0) is 23.6. The van der Waals surface area contributed by atoms with Gasteiger partial charge in [0, 0.05) is 25.7 Å². The number of halogens is 2. The summed E-state index contributed by atoms with van der Waals surface area (Å²) < 4.78 is 20.2. The van der Waals surface area contributed by atoms with E-state index in [1.165, 1.54) is 23.5 Å². The number of likely N-dealkylation sites (tertiary alicyclic amines) is 1. The molecule has 1 aromatic carbocycles. The second kappa shape index (κ2) is 9.59. The molecule has 6 nitrogen and oxygen atoms in total. The van der Waals surface area contributed by atoms with Crippen molar-refractivity contribution in [1.29, 1.82) is 0 Å². The maximum Gasteiger partial charge on any atom is 0.410 e. The van der Waals surface area contributed by atoms with Gasteiger partial charge in [0.15, 0.2) is 0 Å². The summed E-state index contributed by atoms with van der Waals surface area (Å²) in [7, 11) is 1.70. The number of benzene rings is 1. The van der Waals surface area contributed by atoms with Crippen LogP contribution in [-0.2, 0) is 4.74 Å². The van der Waals surface area contributed by atoms with Crippen LogP contribution in [0.4, 0.5) is 14.9 Å². The number of hydrogen-bond acceptors (Lipinski definition) is 4. The van der Waals surface area contributed by atoms with Crippen molar-refractivity contribution in [3.05, 3.63) is 50.2 Å². The molecule has 32 heavy (non-hydrogen) atoms. The molecule has 1 fully saturated rings. The first kappa shape index (κ1) is 24.2. The monoisotopic (exact) mass is 521 g/mol. The van der Waals surface area contributed by atoms with E-state index in [0.717, 1.165) is 16.6 Å². The van der Waals surface area contributed by atoms with Crippen LogP contribution >= 0.6 is 27.3 Å². The van der Waals surface area contributed by atoms with Crippen LogP contribution in [-0.4, -0.2) is 53.6 Å². The third-order valence-corrected chi connectivity index (χ3v) is 7.01. The molecule has 2 aromatic rings. The molecule has 0 aliphatic carbocycles. The maximum atomic E-state index is 14.1. The zero-order valence-corrected chi connectivity index (χ0v) is 20.8. The van der Waals surface area contributed by atoms with Gasteiger partial charge in [0.2, 0.25) is 5.69 Å². The minimum absolute atomic E-state index is 0.0372. The van der Waals surface area contributed by atoms with Gasteiger partial charge in [-0.2, -0.15) is 0 Å². The van der Waals surface area contributed by atoms with Crippen molar-refractivity contribution in [2.45, 2.75) is 45.3 Å². The number of ether oxygens (including phenoxy) is 1. The van der Waals surface area contributed by atoms with Gasteiger partial charge in [-0.05, 0) is 67.2 Å². The van der Waals surface area contributed by atoms with Crippen LogP contribution < -0.4 is 0 Å². The Bertz CT molecular complexity index is 1070. The Balaban J connectivity index is 1.75. The van der Waals surface area contributed by atoms with Crippen LogP contribution in [0.15, 0.2) is 28.1 Å². The molecule has 0 spiro atoms. The van der Waals surface area contributed by atoms with Gasteiger partial charge < -0.3 is 14.5 Å². The van der Waals surface area contributed by atoms with Gasteiger partial charge in [0.05, 0.1) is 21.3 Å². The van der Waals surface area contributed by atoms with E-state index in [9.17, 15) is 14.0 Å². The molecule has 2 amide bonds. The molecule has 0 bridgehead atoms. The van der Waals surface area contributed by atoms with Crippen molar-refractivity contribution in [2.75, 3.05) is 20.1 Å². The number of carbonyl (C=O) groups is 2. The average molecular weight is 522 g/mol. The molecular formula is C23H25BrFN3O3S. The van der Waals surface area contributed by atoms with E-state index in [1.54, 1.807) is 29.0 Å². The van der Waals surface area contributed by atoms with Crippen molar-refractivity contribution in [3.8, 4) is 11.1 Å². The van der Waals surface area contributed by atoms with Gasteiger partial charge in [-0.25, -0.2) is 14.0 Å². The molecule has 1 aliphatic heterocycles. The highest BCUT2D eigenvalue weighted by Crippen LogP contribution is 2.38. The van der Waals surface area contributed by atoms with E-state index >= 15 is 0 Å². The predicted molar refractivity (Wildman–Crippen MR) is 127 cm³/mol. The van der Waals surface area contributed by atoms with Crippen molar-refractivity contribution in [3.63, 3.8) is 0 Å². The van der Waals surface area contributed by atoms with Crippen molar-refractivity contribution >= 4 is 45.0 Å². The molecule has 1 aliphatic rings. The van der Waals surface area contributed by atoms with Crippen LogP contribution in [0.1, 0.15) is 43.3 Å². The smallest absolute Gasteiger partial charge is 0.410 e. The number of rotatable bonds is 3. The first-order chi connectivity index (χ1) is 15.0. The molecule has 1 aromatic heterocycles. The molecule has 2 heterocycles. The fraction of sp³-hybridized carbons (Fsp3) is 0.435. The topological polar surface area (TPSA) is 54.2 Å². The highest BCUT2D eigenvalue weighted by Gasteiger charge is 2.32. The molecule has 0 radical (unpaired) electrons. The van der Waals surface area contributed by atoms with E-state index in [4.69, 9.17) is 11.3 Å². The van der Waals surface area contributed by atoms with Gasteiger partial charge in [0.1, 0.15) is 11.4 Å². The second-order valence-corrected chi connectivity index (χ2v) is 11.1. The third kappa shape index (κ3) is 5.48. The highest BCUT2D eigenvalue weighted by atomic mass is 79.9. The Hall–Kier alpha value is -2.44. The highest BCUT2D eigenvalue weighted by molar-refractivity contribution is 9.11. The summed E-state index contributed by atoms with van der Waals surface area (Å²) in [6.45, 7) is 13.5. The van der Waals surface area contributed by atoms with E-state index in [2.05, 4.69) is 20.8 Å².